The molecule has 1 aromatic heterocycles. The van der Waals surface area contributed by atoms with E-state index in [9.17, 15) is 0 Å². The lowest BCUT2D eigenvalue weighted by molar-refractivity contribution is 0.324. The largest absolute Gasteiger partial charge is 0.493 e. The van der Waals surface area contributed by atoms with Crippen molar-refractivity contribution in [3.8, 4) is 34.5 Å². The second-order valence-corrected chi connectivity index (χ2v) is 7.41. The van der Waals surface area contributed by atoms with E-state index in [1.54, 1.807) is 42.7 Å². The quantitative estimate of drug-likeness (QED) is 0.314. The van der Waals surface area contributed by atoms with E-state index < -0.39 is 0 Å². The first-order chi connectivity index (χ1) is 17.1. The highest BCUT2D eigenvalue weighted by Crippen LogP contribution is 2.45. The van der Waals surface area contributed by atoms with Gasteiger partial charge in [0.05, 0.1) is 42.7 Å². The molecule has 8 nitrogen and oxygen atoms in total. The highest BCUT2D eigenvalue weighted by atomic mass is 16.5. The van der Waals surface area contributed by atoms with E-state index in [0.29, 0.717) is 46.0 Å². The minimum Gasteiger partial charge on any atom is -0.493 e. The SMILES string of the molecule is COc1cc(C(=Cc2nc3ccccc3o2)c2cc(OC)c(OC)c(OC)c2)cc(OC)c1OC. The fourth-order valence-electron chi connectivity index (χ4n) is 3.88. The van der Waals surface area contributed by atoms with Crippen LogP contribution < -0.4 is 28.4 Å². The van der Waals surface area contributed by atoms with Crippen molar-refractivity contribution in [1.82, 2.24) is 4.98 Å². The molecule has 0 fully saturated rings. The summed E-state index contributed by atoms with van der Waals surface area (Å²) in [4.78, 5) is 4.62. The molecule has 0 unspecified atom stereocenters. The van der Waals surface area contributed by atoms with Gasteiger partial charge in [-0.05, 0) is 53.1 Å². The average molecular weight is 478 g/mol. The highest BCUT2D eigenvalue weighted by molar-refractivity contribution is 5.93. The van der Waals surface area contributed by atoms with Crippen molar-refractivity contribution in [3.05, 3.63) is 65.5 Å². The first-order valence-corrected chi connectivity index (χ1v) is 10.7. The average Bonchev–Trinajstić information content (AvgIpc) is 3.32. The molecule has 3 aromatic carbocycles. The monoisotopic (exact) mass is 477 g/mol. The number of methoxy groups -OCH3 is 6. The molecule has 8 heteroatoms. The van der Waals surface area contributed by atoms with Crippen LogP contribution in [0.2, 0.25) is 0 Å². The van der Waals surface area contributed by atoms with Crippen molar-refractivity contribution >= 4 is 22.7 Å². The highest BCUT2D eigenvalue weighted by Gasteiger charge is 2.20. The van der Waals surface area contributed by atoms with Crippen molar-refractivity contribution in [2.24, 2.45) is 0 Å². The Kier molecular flexibility index (Phi) is 7.01. The number of hydrogen-bond donors (Lipinski definition) is 0. The Balaban J connectivity index is 2.00. The van der Waals surface area contributed by atoms with Gasteiger partial charge in [-0.2, -0.15) is 0 Å². The second-order valence-electron chi connectivity index (χ2n) is 7.41. The number of rotatable bonds is 9. The summed E-state index contributed by atoms with van der Waals surface area (Å²) in [5.74, 6) is 3.46. The Hall–Kier alpha value is -4.33. The summed E-state index contributed by atoms with van der Waals surface area (Å²) in [5.41, 5.74) is 3.75. The summed E-state index contributed by atoms with van der Waals surface area (Å²) in [5, 5.41) is 0. The summed E-state index contributed by atoms with van der Waals surface area (Å²) >= 11 is 0. The van der Waals surface area contributed by atoms with E-state index in [1.165, 1.54) is 0 Å². The van der Waals surface area contributed by atoms with Gasteiger partial charge in [0.2, 0.25) is 17.4 Å². The van der Waals surface area contributed by atoms with E-state index >= 15 is 0 Å². The van der Waals surface area contributed by atoms with E-state index in [0.717, 1.165) is 22.2 Å². The third-order valence-corrected chi connectivity index (χ3v) is 5.53. The van der Waals surface area contributed by atoms with Gasteiger partial charge in [0.25, 0.3) is 0 Å². The number of nitrogens with zero attached hydrogens (tertiary/aromatic N) is 1. The summed E-state index contributed by atoms with van der Waals surface area (Å²) in [7, 11) is 9.42. The predicted octanol–water partition coefficient (Wildman–Crippen LogP) is 5.47. The van der Waals surface area contributed by atoms with Gasteiger partial charge in [0.1, 0.15) is 5.52 Å². The molecular formula is C27H27NO7. The molecular weight excluding hydrogens is 450 g/mol. The van der Waals surface area contributed by atoms with Crippen LogP contribution in [0.1, 0.15) is 17.0 Å². The van der Waals surface area contributed by atoms with Gasteiger partial charge in [-0.25, -0.2) is 4.98 Å². The molecule has 0 radical (unpaired) electrons. The number of aromatic nitrogens is 1. The van der Waals surface area contributed by atoms with Crippen LogP contribution in [0, 0.1) is 0 Å². The molecule has 0 N–H and O–H groups in total. The summed E-state index contributed by atoms with van der Waals surface area (Å²) in [6.07, 6.45) is 1.85. The first kappa shape index (κ1) is 23.8. The van der Waals surface area contributed by atoms with Gasteiger partial charge in [-0.3, -0.25) is 0 Å². The molecule has 1 heterocycles. The summed E-state index contributed by atoms with van der Waals surface area (Å²) < 4.78 is 39.4. The van der Waals surface area contributed by atoms with E-state index in [-0.39, 0.29) is 0 Å². The molecule has 0 aliphatic carbocycles. The maximum atomic E-state index is 6.00. The van der Waals surface area contributed by atoms with Crippen molar-refractivity contribution in [1.29, 1.82) is 0 Å². The Labute approximate surface area is 203 Å². The lowest BCUT2D eigenvalue weighted by Gasteiger charge is -2.18. The van der Waals surface area contributed by atoms with Crippen molar-refractivity contribution in [2.45, 2.75) is 0 Å². The summed E-state index contributed by atoms with van der Waals surface area (Å²) in [6.45, 7) is 0. The molecule has 4 aromatic rings. The van der Waals surface area contributed by atoms with Crippen molar-refractivity contribution in [3.63, 3.8) is 0 Å². The first-order valence-electron chi connectivity index (χ1n) is 10.7. The molecule has 35 heavy (non-hydrogen) atoms. The third-order valence-electron chi connectivity index (χ3n) is 5.53. The Bertz CT molecular complexity index is 1220. The van der Waals surface area contributed by atoms with Crippen LogP contribution in [0.25, 0.3) is 22.7 Å². The molecule has 182 valence electrons. The maximum absolute atomic E-state index is 6.00. The van der Waals surface area contributed by atoms with E-state index in [1.807, 2.05) is 54.6 Å². The van der Waals surface area contributed by atoms with Gasteiger partial charge in [-0.15, -0.1) is 0 Å². The van der Waals surface area contributed by atoms with Gasteiger partial charge < -0.3 is 32.8 Å². The van der Waals surface area contributed by atoms with Crippen LogP contribution in [0.3, 0.4) is 0 Å². The third kappa shape index (κ3) is 4.55. The zero-order chi connectivity index (χ0) is 24.9. The van der Waals surface area contributed by atoms with Crippen molar-refractivity contribution < 1.29 is 32.8 Å². The molecule has 0 saturated heterocycles. The molecule has 0 spiro atoms. The minimum absolute atomic E-state index is 0.434. The molecule has 0 bridgehead atoms. The van der Waals surface area contributed by atoms with Crippen LogP contribution in [0.5, 0.6) is 34.5 Å². The fourth-order valence-corrected chi connectivity index (χ4v) is 3.88. The Morgan fingerprint density at radius 1 is 0.657 bits per heavy atom. The van der Waals surface area contributed by atoms with Crippen LogP contribution in [-0.2, 0) is 0 Å². The van der Waals surface area contributed by atoms with Crippen LogP contribution in [-0.4, -0.2) is 47.6 Å². The van der Waals surface area contributed by atoms with Gasteiger partial charge in [0, 0.05) is 6.08 Å². The van der Waals surface area contributed by atoms with Crippen LogP contribution in [0.15, 0.2) is 52.9 Å². The Morgan fingerprint density at radius 3 is 1.51 bits per heavy atom. The normalized spacial score (nSPS) is 10.6. The fraction of sp³-hybridized carbons (Fsp3) is 0.222. The summed E-state index contributed by atoms with van der Waals surface area (Å²) in [6, 6.07) is 15.0. The number of hydrogen-bond acceptors (Lipinski definition) is 8. The number of ether oxygens (including phenoxy) is 6. The topological polar surface area (TPSA) is 81.4 Å². The lowest BCUT2D eigenvalue weighted by Crippen LogP contribution is -2.00. The number of fused-ring (bicyclic) bond motifs is 1. The number of benzene rings is 3. The zero-order valence-electron chi connectivity index (χ0n) is 20.5. The second kappa shape index (κ2) is 10.3. The van der Waals surface area contributed by atoms with Crippen LogP contribution in [0.4, 0.5) is 0 Å². The van der Waals surface area contributed by atoms with Gasteiger partial charge in [0.15, 0.2) is 28.6 Å². The van der Waals surface area contributed by atoms with Gasteiger partial charge >= 0.3 is 0 Å². The Morgan fingerprint density at radius 2 is 1.11 bits per heavy atom. The smallest absolute Gasteiger partial charge is 0.220 e. The van der Waals surface area contributed by atoms with E-state index in [4.69, 9.17) is 32.8 Å². The minimum atomic E-state index is 0.434. The van der Waals surface area contributed by atoms with Crippen LogP contribution >= 0.6 is 0 Å². The molecule has 0 amide bonds. The predicted molar refractivity (Wildman–Crippen MR) is 133 cm³/mol. The zero-order valence-corrected chi connectivity index (χ0v) is 20.5. The van der Waals surface area contributed by atoms with Crippen molar-refractivity contribution in [2.75, 3.05) is 42.7 Å². The maximum Gasteiger partial charge on any atom is 0.220 e. The molecule has 4 rings (SSSR count). The molecule has 0 aliphatic heterocycles. The standard InChI is InChI=1S/C27H27NO7/c1-29-21-11-16(12-22(30-2)26(21)33-5)18(15-25-28-19-9-7-8-10-20(19)35-25)17-13-23(31-3)27(34-6)24(14-17)32-4/h7-15H,1-6H3. The van der Waals surface area contributed by atoms with E-state index in [2.05, 4.69) is 4.98 Å². The molecule has 0 saturated carbocycles. The number of oxazole rings is 1. The van der Waals surface area contributed by atoms with Gasteiger partial charge in [-0.1, -0.05) is 12.1 Å². The molecule has 0 atom stereocenters. The lowest BCUT2D eigenvalue weighted by atomic mass is 9.95. The molecule has 0 aliphatic rings. The number of para-hydroxylation sites is 2.